The number of aromatic amines is 1. The van der Waals surface area contributed by atoms with Gasteiger partial charge in [0.2, 0.25) is 0 Å². The Bertz CT molecular complexity index is 531. The average molecular weight is 223 g/mol. The second-order valence-electron chi connectivity index (χ2n) is 3.37. The summed E-state index contributed by atoms with van der Waals surface area (Å²) in [6.07, 6.45) is 0. The standard InChI is InChI=1S/C11H11ClN2O/c1-6-9(11(15)13-2)7-4-3-5-8(12)10(7)14-6/h3-5,14H,1-2H3,(H,13,15). The summed E-state index contributed by atoms with van der Waals surface area (Å²) >= 11 is 6.03. The van der Waals surface area contributed by atoms with E-state index in [0.29, 0.717) is 10.6 Å². The van der Waals surface area contributed by atoms with Gasteiger partial charge < -0.3 is 10.3 Å². The zero-order valence-corrected chi connectivity index (χ0v) is 9.27. The fraction of sp³-hybridized carbons (Fsp3) is 0.182. The molecule has 1 amide bonds. The molecule has 1 aromatic heterocycles. The first kappa shape index (κ1) is 10.1. The Balaban J connectivity index is 2.79. The zero-order valence-electron chi connectivity index (χ0n) is 8.52. The quantitative estimate of drug-likeness (QED) is 0.765. The van der Waals surface area contributed by atoms with E-state index in [-0.39, 0.29) is 5.91 Å². The molecule has 2 rings (SSSR count). The van der Waals surface area contributed by atoms with Gasteiger partial charge in [0.25, 0.3) is 5.91 Å². The predicted octanol–water partition coefficient (Wildman–Crippen LogP) is 2.49. The van der Waals surface area contributed by atoms with Crippen LogP contribution in [-0.2, 0) is 0 Å². The molecule has 0 fully saturated rings. The molecule has 2 N–H and O–H groups in total. The molecule has 2 aromatic rings. The van der Waals surface area contributed by atoms with E-state index in [2.05, 4.69) is 10.3 Å². The number of hydrogen-bond acceptors (Lipinski definition) is 1. The fourth-order valence-corrected chi connectivity index (χ4v) is 1.95. The van der Waals surface area contributed by atoms with Crippen LogP contribution in [0.3, 0.4) is 0 Å². The number of halogens is 1. The summed E-state index contributed by atoms with van der Waals surface area (Å²) in [6, 6.07) is 5.52. The molecular weight excluding hydrogens is 212 g/mol. The number of aryl methyl sites for hydroxylation is 1. The van der Waals surface area contributed by atoms with Gasteiger partial charge in [-0.2, -0.15) is 0 Å². The molecule has 78 valence electrons. The fourth-order valence-electron chi connectivity index (χ4n) is 1.73. The molecule has 15 heavy (non-hydrogen) atoms. The van der Waals surface area contributed by atoms with Crippen LogP contribution in [0, 0.1) is 6.92 Å². The number of benzene rings is 1. The van der Waals surface area contributed by atoms with E-state index in [1.165, 1.54) is 0 Å². The van der Waals surface area contributed by atoms with Gasteiger partial charge in [0.05, 0.1) is 16.1 Å². The van der Waals surface area contributed by atoms with Crippen LogP contribution in [0.2, 0.25) is 5.02 Å². The molecule has 0 atom stereocenters. The van der Waals surface area contributed by atoms with Gasteiger partial charge >= 0.3 is 0 Å². The van der Waals surface area contributed by atoms with E-state index in [1.807, 2.05) is 19.1 Å². The summed E-state index contributed by atoms with van der Waals surface area (Å²) in [7, 11) is 1.62. The van der Waals surface area contributed by atoms with Crippen LogP contribution < -0.4 is 5.32 Å². The normalized spacial score (nSPS) is 10.6. The van der Waals surface area contributed by atoms with E-state index < -0.39 is 0 Å². The van der Waals surface area contributed by atoms with Crippen molar-refractivity contribution in [2.45, 2.75) is 6.92 Å². The molecule has 0 saturated carbocycles. The number of carbonyl (C=O) groups is 1. The van der Waals surface area contributed by atoms with Crippen LogP contribution in [0.4, 0.5) is 0 Å². The number of fused-ring (bicyclic) bond motifs is 1. The number of carbonyl (C=O) groups excluding carboxylic acids is 1. The molecule has 1 aromatic carbocycles. The number of hydrogen-bond donors (Lipinski definition) is 2. The van der Waals surface area contributed by atoms with E-state index in [9.17, 15) is 4.79 Å². The summed E-state index contributed by atoms with van der Waals surface area (Å²) in [6.45, 7) is 1.86. The molecule has 3 nitrogen and oxygen atoms in total. The molecular formula is C11H11ClN2O. The van der Waals surface area contributed by atoms with Crippen LogP contribution >= 0.6 is 11.6 Å². The van der Waals surface area contributed by atoms with Gasteiger partial charge in [0.15, 0.2) is 0 Å². The van der Waals surface area contributed by atoms with Gasteiger partial charge in [-0.3, -0.25) is 4.79 Å². The van der Waals surface area contributed by atoms with Crippen molar-refractivity contribution in [3.05, 3.63) is 34.5 Å². The highest BCUT2D eigenvalue weighted by Gasteiger charge is 2.15. The van der Waals surface area contributed by atoms with Crippen LogP contribution in [-0.4, -0.2) is 17.9 Å². The Morgan fingerprint density at radius 3 is 2.87 bits per heavy atom. The van der Waals surface area contributed by atoms with Gasteiger partial charge in [-0.1, -0.05) is 23.7 Å². The van der Waals surface area contributed by atoms with Gasteiger partial charge in [0, 0.05) is 18.1 Å². The highest BCUT2D eigenvalue weighted by atomic mass is 35.5. The molecule has 0 saturated heterocycles. The maximum absolute atomic E-state index is 11.6. The molecule has 0 aliphatic heterocycles. The largest absolute Gasteiger partial charge is 0.357 e. The summed E-state index contributed by atoms with van der Waals surface area (Å²) in [5, 5.41) is 4.11. The van der Waals surface area contributed by atoms with Gasteiger partial charge in [-0.25, -0.2) is 0 Å². The van der Waals surface area contributed by atoms with Crippen molar-refractivity contribution in [2.24, 2.45) is 0 Å². The number of H-pyrrole nitrogens is 1. The van der Waals surface area contributed by atoms with Crippen LogP contribution in [0.15, 0.2) is 18.2 Å². The first-order chi connectivity index (χ1) is 7.15. The van der Waals surface area contributed by atoms with Crippen molar-refractivity contribution in [1.82, 2.24) is 10.3 Å². The molecule has 0 aliphatic rings. The molecule has 0 spiro atoms. The monoisotopic (exact) mass is 222 g/mol. The lowest BCUT2D eigenvalue weighted by molar-refractivity contribution is 0.0964. The molecule has 0 aliphatic carbocycles. The Morgan fingerprint density at radius 2 is 2.20 bits per heavy atom. The van der Waals surface area contributed by atoms with Crippen molar-refractivity contribution in [2.75, 3.05) is 7.05 Å². The molecule has 0 bridgehead atoms. The lowest BCUT2D eigenvalue weighted by Gasteiger charge is -1.98. The first-order valence-electron chi connectivity index (χ1n) is 4.64. The summed E-state index contributed by atoms with van der Waals surface area (Å²) in [4.78, 5) is 14.8. The minimum absolute atomic E-state index is 0.0963. The van der Waals surface area contributed by atoms with Crippen molar-refractivity contribution >= 4 is 28.4 Å². The van der Waals surface area contributed by atoms with Gasteiger partial charge in [-0.05, 0) is 13.0 Å². The van der Waals surface area contributed by atoms with Crippen molar-refractivity contribution in [3.8, 4) is 0 Å². The van der Waals surface area contributed by atoms with Crippen LogP contribution in [0.25, 0.3) is 10.9 Å². The Kier molecular flexibility index (Phi) is 2.40. The number of nitrogens with one attached hydrogen (secondary N) is 2. The molecule has 1 heterocycles. The van der Waals surface area contributed by atoms with Gasteiger partial charge in [0.1, 0.15) is 0 Å². The summed E-state index contributed by atoms with van der Waals surface area (Å²) in [5.41, 5.74) is 2.31. The predicted molar refractivity (Wildman–Crippen MR) is 61.4 cm³/mol. The lowest BCUT2D eigenvalue weighted by atomic mass is 10.1. The smallest absolute Gasteiger partial charge is 0.253 e. The Labute approximate surface area is 92.4 Å². The number of aromatic nitrogens is 1. The van der Waals surface area contributed by atoms with Crippen molar-refractivity contribution < 1.29 is 4.79 Å². The molecule has 4 heteroatoms. The highest BCUT2D eigenvalue weighted by molar-refractivity contribution is 6.35. The van der Waals surface area contributed by atoms with E-state index in [0.717, 1.165) is 16.6 Å². The minimum atomic E-state index is -0.0963. The zero-order chi connectivity index (χ0) is 11.0. The second kappa shape index (κ2) is 3.59. The minimum Gasteiger partial charge on any atom is -0.357 e. The second-order valence-corrected chi connectivity index (χ2v) is 3.77. The lowest BCUT2D eigenvalue weighted by Crippen LogP contribution is -2.18. The molecule has 0 radical (unpaired) electrons. The maximum Gasteiger partial charge on any atom is 0.253 e. The highest BCUT2D eigenvalue weighted by Crippen LogP contribution is 2.27. The number of rotatable bonds is 1. The summed E-state index contributed by atoms with van der Waals surface area (Å²) in [5.74, 6) is -0.0963. The number of amides is 1. The molecule has 0 unspecified atom stereocenters. The Morgan fingerprint density at radius 1 is 1.47 bits per heavy atom. The maximum atomic E-state index is 11.6. The van der Waals surface area contributed by atoms with Crippen LogP contribution in [0.5, 0.6) is 0 Å². The number of para-hydroxylation sites is 1. The SMILES string of the molecule is CNC(=O)c1c(C)[nH]c2c(Cl)cccc12. The third kappa shape index (κ3) is 1.49. The topological polar surface area (TPSA) is 44.9 Å². The van der Waals surface area contributed by atoms with Gasteiger partial charge in [-0.15, -0.1) is 0 Å². The third-order valence-electron chi connectivity index (χ3n) is 2.42. The van der Waals surface area contributed by atoms with E-state index in [4.69, 9.17) is 11.6 Å². The van der Waals surface area contributed by atoms with E-state index >= 15 is 0 Å². The summed E-state index contributed by atoms with van der Waals surface area (Å²) < 4.78 is 0. The third-order valence-corrected chi connectivity index (χ3v) is 2.74. The van der Waals surface area contributed by atoms with Crippen LogP contribution in [0.1, 0.15) is 16.1 Å². The van der Waals surface area contributed by atoms with E-state index in [1.54, 1.807) is 13.1 Å². The average Bonchev–Trinajstić information content (AvgIpc) is 2.55. The van der Waals surface area contributed by atoms with Crippen molar-refractivity contribution in [1.29, 1.82) is 0 Å². The van der Waals surface area contributed by atoms with Crippen molar-refractivity contribution in [3.63, 3.8) is 0 Å². The first-order valence-corrected chi connectivity index (χ1v) is 5.02. The Hall–Kier alpha value is -1.48.